The van der Waals surface area contributed by atoms with Crippen molar-refractivity contribution in [2.24, 2.45) is 5.73 Å². The third-order valence-corrected chi connectivity index (χ3v) is 6.44. The van der Waals surface area contributed by atoms with Crippen LogP contribution in [0.5, 0.6) is 5.75 Å². The fourth-order valence-electron chi connectivity index (χ4n) is 4.83. The Labute approximate surface area is 192 Å². The van der Waals surface area contributed by atoms with Gasteiger partial charge in [-0.15, -0.1) is 0 Å². The van der Waals surface area contributed by atoms with Crippen LogP contribution < -0.4 is 20.3 Å². The number of carbonyl (C=O) groups is 1. The lowest BCUT2D eigenvalue weighted by atomic mass is 10.0. The number of nitrogens with zero attached hydrogens (tertiary/aromatic N) is 4. The Morgan fingerprint density at radius 1 is 1.24 bits per heavy atom. The number of carbonyl (C=O) groups excluding carboxylic acids is 1. The van der Waals surface area contributed by atoms with E-state index >= 15 is 0 Å². The summed E-state index contributed by atoms with van der Waals surface area (Å²) < 4.78 is 20.2. The van der Waals surface area contributed by atoms with E-state index in [1.54, 1.807) is 23.1 Å². The van der Waals surface area contributed by atoms with Gasteiger partial charge in [0.05, 0.1) is 24.9 Å². The van der Waals surface area contributed by atoms with Gasteiger partial charge in [-0.3, -0.25) is 14.7 Å². The normalized spacial score (nSPS) is 17.6. The van der Waals surface area contributed by atoms with Gasteiger partial charge in [-0.05, 0) is 55.7 Å². The Morgan fingerprint density at radius 2 is 2.06 bits per heavy atom. The molecule has 4 heterocycles. The number of hydrogen-bond acceptors (Lipinski definition) is 6. The monoisotopic (exact) mass is 447 g/mol. The molecule has 7 nitrogen and oxygen atoms in total. The van der Waals surface area contributed by atoms with Crippen LogP contribution in [-0.4, -0.2) is 42.1 Å². The molecule has 1 atom stereocenters. The van der Waals surface area contributed by atoms with Crippen molar-refractivity contribution in [3.05, 3.63) is 65.1 Å². The average molecular weight is 448 g/mol. The number of pyridine rings is 2. The molecule has 0 bridgehead atoms. The number of hydrogen-bond donors (Lipinski definition) is 1. The number of benzene rings is 1. The van der Waals surface area contributed by atoms with Gasteiger partial charge >= 0.3 is 0 Å². The van der Waals surface area contributed by atoms with E-state index < -0.39 is 5.82 Å². The van der Waals surface area contributed by atoms with E-state index in [9.17, 15) is 9.18 Å². The lowest BCUT2D eigenvalue weighted by Crippen LogP contribution is -2.36. The zero-order valence-electron chi connectivity index (χ0n) is 18.7. The van der Waals surface area contributed by atoms with Crippen molar-refractivity contribution in [3.63, 3.8) is 0 Å². The maximum Gasteiger partial charge on any atom is 0.260 e. The molecule has 1 fully saturated rings. The van der Waals surface area contributed by atoms with Crippen molar-refractivity contribution in [1.82, 2.24) is 9.97 Å². The number of aryl methyl sites for hydroxylation is 1. The molecule has 0 unspecified atom stereocenters. The molecular formula is C25H26FN5O2. The topological polar surface area (TPSA) is 84.6 Å². The van der Waals surface area contributed by atoms with Crippen LogP contribution in [0.2, 0.25) is 0 Å². The van der Waals surface area contributed by atoms with Gasteiger partial charge in [0, 0.05) is 36.5 Å². The molecule has 2 N–H and O–H groups in total. The highest BCUT2D eigenvalue weighted by atomic mass is 19.1. The minimum Gasteiger partial charge on any atom is -0.496 e. The van der Waals surface area contributed by atoms with Crippen LogP contribution in [0, 0.1) is 12.7 Å². The number of amides is 1. The Hall–Kier alpha value is -3.52. The third kappa shape index (κ3) is 3.60. The van der Waals surface area contributed by atoms with Crippen LogP contribution in [0.1, 0.15) is 34.3 Å². The number of anilines is 2. The first-order chi connectivity index (χ1) is 16.0. The second-order valence-corrected chi connectivity index (χ2v) is 8.48. The SMILES string of the molecule is COc1cccc(F)c1-c1nccc2c1CN(c1cc(C)cc(N3CCC[C@@H]3CN)n1)C2=O. The molecule has 0 spiro atoms. The lowest BCUT2D eigenvalue weighted by Gasteiger charge is -2.26. The van der Waals surface area contributed by atoms with Crippen LogP contribution >= 0.6 is 0 Å². The largest absolute Gasteiger partial charge is 0.496 e. The second kappa shape index (κ2) is 8.44. The van der Waals surface area contributed by atoms with Gasteiger partial charge in [0.25, 0.3) is 5.91 Å². The number of ether oxygens (including phenoxy) is 1. The van der Waals surface area contributed by atoms with Gasteiger partial charge in [0.2, 0.25) is 0 Å². The number of methoxy groups -OCH3 is 1. The number of rotatable bonds is 5. The molecule has 0 saturated carbocycles. The van der Waals surface area contributed by atoms with Crippen LogP contribution in [0.15, 0.2) is 42.6 Å². The van der Waals surface area contributed by atoms with E-state index in [4.69, 9.17) is 15.5 Å². The van der Waals surface area contributed by atoms with E-state index in [-0.39, 0.29) is 24.1 Å². The highest BCUT2D eigenvalue weighted by Crippen LogP contribution is 2.39. The zero-order valence-corrected chi connectivity index (χ0v) is 18.7. The van der Waals surface area contributed by atoms with E-state index in [2.05, 4.69) is 9.88 Å². The quantitative estimate of drug-likeness (QED) is 0.642. The first-order valence-electron chi connectivity index (χ1n) is 11.1. The molecule has 5 rings (SSSR count). The van der Waals surface area contributed by atoms with Crippen molar-refractivity contribution < 1.29 is 13.9 Å². The molecule has 3 aromatic rings. The molecule has 1 aromatic carbocycles. The zero-order chi connectivity index (χ0) is 23.1. The first kappa shape index (κ1) is 21.3. The van der Waals surface area contributed by atoms with Crippen LogP contribution in [0.25, 0.3) is 11.3 Å². The molecule has 2 aromatic heterocycles. The molecule has 2 aliphatic heterocycles. The number of aromatic nitrogens is 2. The maximum atomic E-state index is 14.8. The molecule has 0 aliphatic carbocycles. The predicted octanol–water partition coefficient (Wildman–Crippen LogP) is 3.69. The van der Waals surface area contributed by atoms with Crippen molar-refractivity contribution in [2.45, 2.75) is 32.4 Å². The Balaban J connectivity index is 1.55. The summed E-state index contributed by atoms with van der Waals surface area (Å²) in [6.45, 7) is 3.71. The molecule has 1 amide bonds. The van der Waals surface area contributed by atoms with Gasteiger partial charge in [-0.1, -0.05) is 6.07 Å². The number of fused-ring (bicyclic) bond motifs is 1. The van der Waals surface area contributed by atoms with Gasteiger partial charge < -0.3 is 15.4 Å². The lowest BCUT2D eigenvalue weighted by molar-refractivity contribution is 0.0996. The summed E-state index contributed by atoms with van der Waals surface area (Å²) in [5.74, 6) is 1.15. The molecule has 0 radical (unpaired) electrons. The summed E-state index contributed by atoms with van der Waals surface area (Å²) in [6.07, 6.45) is 3.64. The fourth-order valence-corrected chi connectivity index (χ4v) is 4.83. The first-order valence-corrected chi connectivity index (χ1v) is 11.1. The minimum atomic E-state index is -0.445. The van der Waals surface area contributed by atoms with E-state index in [0.717, 1.165) is 30.8 Å². The molecule has 8 heteroatoms. The van der Waals surface area contributed by atoms with Gasteiger partial charge in [-0.2, -0.15) is 0 Å². The summed E-state index contributed by atoms with van der Waals surface area (Å²) in [4.78, 5) is 26.5. The Bertz CT molecular complexity index is 1230. The Kier molecular flexibility index (Phi) is 5.46. The predicted molar refractivity (Wildman–Crippen MR) is 125 cm³/mol. The van der Waals surface area contributed by atoms with Crippen molar-refractivity contribution in [1.29, 1.82) is 0 Å². The van der Waals surface area contributed by atoms with Gasteiger partial charge in [-0.25, -0.2) is 9.37 Å². The summed E-state index contributed by atoms with van der Waals surface area (Å²) in [6, 6.07) is 10.5. The smallest absolute Gasteiger partial charge is 0.260 e. The summed E-state index contributed by atoms with van der Waals surface area (Å²) in [5.41, 5.74) is 8.80. The highest BCUT2D eigenvalue weighted by molar-refractivity contribution is 6.10. The summed E-state index contributed by atoms with van der Waals surface area (Å²) in [7, 11) is 1.49. The van der Waals surface area contributed by atoms with E-state index in [1.165, 1.54) is 19.4 Å². The summed E-state index contributed by atoms with van der Waals surface area (Å²) >= 11 is 0. The summed E-state index contributed by atoms with van der Waals surface area (Å²) in [5, 5.41) is 0. The highest BCUT2D eigenvalue weighted by Gasteiger charge is 2.34. The minimum absolute atomic E-state index is 0.176. The van der Waals surface area contributed by atoms with Crippen LogP contribution in [0.3, 0.4) is 0 Å². The van der Waals surface area contributed by atoms with Crippen LogP contribution in [-0.2, 0) is 6.54 Å². The van der Waals surface area contributed by atoms with Gasteiger partial charge in [0.1, 0.15) is 23.2 Å². The van der Waals surface area contributed by atoms with Crippen molar-refractivity contribution in [3.8, 4) is 17.0 Å². The number of nitrogens with two attached hydrogens (primary N) is 1. The Morgan fingerprint density at radius 3 is 2.85 bits per heavy atom. The molecule has 33 heavy (non-hydrogen) atoms. The van der Waals surface area contributed by atoms with Crippen molar-refractivity contribution in [2.75, 3.05) is 30.0 Å². The molecule has 170 valence electrons. The van der Waals surface area contributed by atoms with Gasteiger partial charge in [0.15, 0.2) is 0 Å². The van der Waals surface area contributed by atoms with Crippen molar-refractivity contribution >= 4 is 17.5 Å². The maximum absolute atomic E-state index is 14.8. The second-order valence-electron chi connectivity index (χ2n) is 8.48. The molecule has 2 aliphatic rings. The van der Waals surface area contributed by atoms with E-state index in [1.807, 2.05) is 19.1 Å². The average Bonchev–Trinajstić information content (AvgIpc) is 3.43. The van der Waals surface area contributed by atoms with E-state index in [0.29, 0.717) is 34.9 Å². The molecular weight excluding hydrogens is 421 g/mol. The fraction of sp³-hybridized carbons (Fsp3) is 0.320. The number of halogens is 1. The standard InChI is InChI=1S/C25H26FN5O2/c1-15-11-21(30-10-4-5-16(30)13-27)29-22(12-15)31-14-18-17(25(31)32)8-9-28-24(18)23-19(26)6-3-7-20(23)33-2/h3,6-9,11-12,16H,4-5,10,13-14,27H2,1-2H3/t16-/m1/s1. The molecule has 1 saturated heterocycles. The third-order valence-electron chi connectivity index (χ3n) is 6.44. The van der Waals surface area contributed by atoms with Crippen LogP contribution in [0.4, 0.5) is 16.0 Å².